The summed E-state index contributed by atoms with van der Waals surface area (Å²) in [7, 11) is -2.89. The van der Waals surface area contributed by atoms with Gasteiger partial charge in [-0.2, -0.15) is 0 Å². The van der Waals surface area contributed by atoms with Gasteiger partial charge in [0.1, 0.15) is 9.84 Å². The second-order valence-electron chi connectivity index (χ2n) is 5.20. The van der Waals surface area contributed by atoms with Gasteiger partial charge in [0, 0.05) is 18.3 Å². The molecule has 0 bridgehead atoms. The molecule has 0 aliphatic carbocycles. The van der Waals surface area contributed by atoms with Gasteiger partial charge in [-0.15, -0.1) is 0 Å². The summed E-state index contributed by atoms with van der Waals surface area (Å²) in [6.45, 7) is 6.73. The van der Waals surface area contributed by atoms with Crippen molar-refractivity contribution in [3.05, 3.63) is 35.9 Å². The van der Waals surface area contributed by atoms with E-state index >= 15 is 0 Å². The quantitative estimate of drug-likeness (QED) is 0.797. The smallest absolute Gasteiger partial charge is 0.150 e. The molecule has 0 aliphatic rings. The lowest BCUT2D eigenvalue weighted by molar-refractivity contribution is 0.517. The predicted octanol–water partition coefficient (Wildman–Crippen LogP) is 2.59. The molecular weight excluding hydrogens is 258 g/mol. The van der Waals surface area contributed by atoms with Gasteiger partial charge in [0.05, 0.1) is 5.75 Å². The molecule has 1 rings (SSSR count). The van der Waals surface area contributed by atoms with E-state index in [0.717, 1.165) is 6.54 Å². The van der Waals surface area contributed by atoms with Gasteiger partial charge in [0.2, 0.25) is 0 Å². The average molecular weight is 283 g/mol. The Morgan fingerprint density at radius 1 is 1.16 bits per heavy atom. The molecule has 4 heteroatoms. The Morgan fingerprint density at radius 3 is 2.32 bits per heavy atom. The fourth-order valence-corrected chi connectivity index (χ4v) is 2.89. The molecular formula is C15H25NO2S. The minimum absolute atomic E-state index is 0.228. The molecule has 0 spiro atoms. The van der Waals surface area contributed by atoms with Crippen LogP contribution in [0.4, 0.5) is 0 Å². The Labute approximate surface area is 117 Å². The predicted molar refractivity (Wildman–Crippen MR) is 81.3 cm³/mol. The second-order valence-corrected chi connectivity index (χ2v) is 7.67. The maximum absolute atomic E-state index is 11.7. The Morgan fingerprint density at radius 2 is 1.79 bits per heavy atom. The molecule has 19 heavy (non-hydrogen) atoms. The molecule has 0 saturated heterocycles. The van der Waals surface area contributed by atoms with E-state index in [1.807, 2.05) is 18.2 Å². The summed E-state index contributed by atoms with van der Waals surface area (Å²) in [5, 5.41) is 3.40. The Balaban J connectivity index is 2.70. The first-order chi connectivity index (χ1) is 8.94. The third-order valence-electron chi connectivity index (χ3n) is 3.26. The molecule has 0 radical (unpaired) electrons. The molecule has 1 unspecified atom stereocenters. The monoisotopic (exact) mass is 283 g/mol. The molecule has 1 atom stereocenters. The van der Waals surface area contributed by atoms with Crippen molar-refractivity contribution in [2.45, 2.75) is 39.2 Å². The highest BCUT2D eigenvalue weighted by Crippen LogP contribution is 2.20. The lowest BCUT2D eigenvalue weighted by Crippen LogP contribution is -2.29. The van der Waals surface area contributed by atoms with E-state index in [2.05, 4.69) is 31.3 Å². The number of hydrogen-bond donors (Lipinski definition) is 1. The first-order valence-electron chi connectivity index (χ1n) is 6.93. The molecule has 0 heterocycles. The molecule has 3 nitrogen and oxygen atoms in total. The summed E-state index contributed by atoms with van der Waals surface area (Å²) in [5.74, 6) is 0.750. The Hall–Kier alpha value is -0.870. The van der Waals surface area contributed by atoms with Crippen LogP contribution in [0.15, 0.2) is 30.3 Å². The third kappa shape index (κ3) is 6.21. The topological polar surface area (TPSA) is 46.2 Å². The first-order valence-corrected chi connectivity index (χ1v) is 8.75. The highest BCUT2D eigenvalue weighted by atomic mass is 32.2. The van der Waals surface area contributed by atoms with Crippen LogP contribution in [-0.4, -0.2) is 32.5 Å². The Bertz CT molecular complexity index is 454. The van der Waals surface area contributed by atoms with Gasteiger partial charge in [-0.1, -0.05) is 51.1 Å². The fourth-order valence-electron chi connectivity index (χ4n) is 1.96. The van der Waals surface area contributed by atoms with Crippen molar-refractivity contribution in [1.29, 1.82) is 0 Å². The highest BCUT2D eigenvalue weighted by Gasteiger charge is 2.16. The highest BCUT2D eigenvalue weighted by molar-refractivity contribution is 7.91. The molecule has 1 N–H and O–H groups in total. The zero-order valence-corrected chi connectivity index (χ0v) is 12.9. The van der Waals surface area contributed by atoms with Gasteiger partial charge >= 0.3 is 0 Å². The van der Waals surface area contributed by atoms with E-state index in [1.54, 1.807) is 6.92 Å². The molecule has 1 aromatic rings. The second kappa shape index (κ2) is 7.65. The molecule has 0 aliphatic heterocycles. The zero-order valence-electron chi connectivity index (χ0n) is 12.1. The summed E-state index contributed by atoms with van der Waals surface area (Å²) in [6, 6.07) is 10.6. The van der Waals surface area contributed by atoms with Crippen molar-refractivity contribution in [1.82, 2.24) is 5.32 Å². The van der Waals surface area contributed by atoms with E-state index in [1.165, 1.54) is 5.56 Å². The van der Waals surface area contributed by atoms with Crippen LogP contribution in [0.2, 0.25) is 0 Å². The van der Waals surface area contributed by atoms with E-state index in [4.69, 9.17) is 0 Å². The molecule has 0 aromatic heterocycles. The third-order valence-corrected chi connectivity index (χ3v) is 5.00. The molecule has 0 fully saturated rings. The van der Waals surface area contributed by atoms with Gasteiger partial charge in [0.25, 0.3) is 0 Å². The van der Waals surface area contributed by atoms with Crippen LogP contribution in [0.1, 0.15) is 38.7 Å². The van der Waals surface area contributed by atoms with Gasteiger partial charge in [-0.05, 0) is 17.9 Å². The van der Waals surface area contributed by atoms with E-state index in [9.17, 15) is 8.42 Å². The SMILES string of the molecule is CCS(=O)(=O)CCC(CNC(C)C)c1ccccc1. The van der Waals surface area contributed by atoms with Crippen LogP contribution >= 0.6 is 0 Å². The van der Waals surface area contributed by atoms with Crippen molar-refractivity contribution in [2.75, 3.05) is 18.1 Å². The maximum Gasteiger partial charge on any atom is 0.150 e. The van der Waals surface area contributed by atoms with E-state index in [-0.39, 0.29) is 17.4 Å². The molecule has 108 valence electrons. The number of hydrogen-bond acceptors (Lipinski definition) is 3. The number of nitrogens with one attached hydrogen (secondary N) is 1. The van der Waals surface area contributed by atoms with Crippen LogP contribution in [0, 0.1) is 0 Å². The van der Waals surface area contributed by atoms with Crippen LogP contribution in [0.3, 0.4) is 0 Å². The minimum Gasteiger partial charge on any atom is -0.314 e. The van der Waals surface area contributed by atoms with E-state index < -0.39 is 9.84 Å². The minimum atomic E-state index is -2.89. The van der Waals surface area contributed by atoms with Gasteiger partial charge in [-0.25, -0.2) is 8.42 Å². The summed E-state index contributed by atoms with van der Waals surface area (Å²) >= 11 is 0. The standard InChI is InChI=1S/C15H25NO2S/c1-4-19(17,18)11-10-15(12-16-13(2)3)14-8-6-5-7-9-14/h5-9,13,15-16H,4,10-12H2,1-3H3. The van der Waals surface area contributed by atoms with Crippen molar-refractivity contribution in [2.24, 2.45) is 0 Å². The lowest BCUT2D eigenvalue weighted by Gasteiger charge is -2.19. The average Bonchev–Trinajstić information content (AvgIpc) is 2.39. The lowest BCUT2D eigenvalue weighted by atomic mass is 9.96. The van der Waals surface area contributed by atoms with Crippen molar-refractivity contribution < 1.29 is 8.42 Å². The summed E-state index contributed by atoms with van der Waals surface area (Å²) in [4.78, 5) is 0. The summed E-state index contributed by atoms with van der Waals surface area (Å²) in [6.07, 6.45) is 0.680. The molecule has 0 saturated carbocycles. The van der Waals surface area contributed by atoms with Gasteiger partial charge in [0.15, 0.2) is 0 Å². The van der Waals surface area contributed by atoms with Gasteiger partial charge < -0.3 is 5.32 Å². The van der Waals surface area contributed by atoms with Crippen molar-refractivity contribution in [3.63, 3.8) is 0 Å². The number of benzene rings is 1. The van der Waals surface area contributed by atoms with Crippen LogP contribution in [-0.2, 0) is 9.84 Å². The normalized spacial score (nSPS) is 13.7. The maximum atomic E-state index is 11.7. The van der Waals surface area contributed by atoms with Crippen LogP contribution < -0.4 is 5.32 Å². The summed E-state index contributed by atoms with van der Waals surface area (Å²) in [5.41, 5.74) is 1.21. The summed E-state index contributed by atoms with van der Waals surface area (Å²) < 4.78 is 23.3. The molecule has 0 amide bonds. The Kier molecular flexibility index (Phi) is 6.52. The van der Waals surface area contributed by atoms with Crippen molar-refractivity contribution >= 4 is 9.84 Å². The number of sulfone groups is 1. The largest absolute Gasteiger partial charge is 0.314 e. The molecule has 1 aromatic carbocycles. The van der Waals surface area contributed by atoms with Crippen molar-refractivity contribution in [3.8, 4) is 0 Å². The van der Waals surface area contributed by atoms with Crippen LogP contribution in [0.5, 0.6) is 0 Å². The van der Waals surface area contributed by atoms with Gasteiger partial charge in [-0.3, -0.25) is 0 Å². The first kappa shape index (κ1) is 16.2. The fraction of sp³-hybridized carbons (Fsp3) is 0.600. The van der Waals surface area contributed by atoms with E-state index in [0.29, 0.717) is 12.5 Å². The number of rotatable bonds is 8. The zero-order chi connectivity index (χ0) is 14.3. The van der Waals surface area contributed by atoms with Crippen LogP contribution in [0.25, 0.3) is 0 Å².